The van der Waals surface area contributed by atoms with Crippen LogP contribution in [0.2, 0.25) is 0 Å². The lowest BCUT2D eigenvalue weighted by Crippen LogP contribution is -2.53. The predicted octanol–water partition coefficient (Wildman–Crippen LogP) is 0.491. The molecule has 0 aromatic heterocycles. The molecular weight excluding hydrogens is 412 g/mol. The summed E-state index contributed by atoms with van der Waals surface area (Å²) >= 11 is 0. The van der Waals surface area contributed by atoms with Crippen LogP contribution in [-0.4, -0.2) is 41.7 Å². The van der Waals surface area contributed by atoms with Crippen molar-refractivity contribution in [3.05, 3.63) is 59.7 Å². The zero-order valence-corrected chi connectivity index (χ0v) is 17.3. The summed E-state index contributed by atoms with van der Waals surface area (Å²) in [4.78, 5) is 53.4. The first-order valence-electron chi connectivity index (χ1n) is 10.3. The van der Waals surface area contributed by atoms with E-state index in [4.69, 9.17) is 10.5 Å². The van der Waals surface area contributed by atoms with E-state index in [1.165, 1.54) is 7.11 Å². The number of carbonyl (C=O) groups excluding carboxylic acids is 4. The summed E-state index contributed by atoms with van der Waals surface area (Å²) in [5, 5.41) is 5.98. The van der Waals surface area contributed by atoms with E-state index >= 15 is 0 Å². The van der Waals surface area contributed by atoms with Gasteiger partial charge in [0, 0.05) is 29.3 Å². The maximum atomic E-state index is 13.7. The Morgan fingerprint density at radius 1 is 1.09 bits per heavy atom. The number of nitrogens with zero attached hydrogens (tertiary/aromatic N) is 1. The number of rotatable bonds is 5. The van der Waals surface area contributed by atoms with Gasteiger partial charge in [-0.05, 0) is 12.1 Å². The molecular formula is C23H22N4O5. The first-order chi connectivity index (χ1) is 15.4. The largest absolute Gasteiger partial charge is 0.496 e. The van der Waals surface area contributed by atoms with E-state index in [-0.39, 0.29) is 13.0 Å². The average Bonchev–Trinajstić information content (AvgIpc) is 3.34. The van der Waals surface area contributed by atoms with Gasteiger partial charge in [0.05, 0.1) is 25.5 Å². The van der Waals surface area contributed by atoms with Crippen LogP contribution in [0.3, 0.4) is 0 Å². The molecule has 9 heteroatoms. The van der Waals surface area contributed by atoms with Crippen molar-refractivity contribution in [3.8, 4) is 5.75 Å². The highest BCUT2D eigenvalue weighted by Crippen LogP contribution is 2.53. The molecule has 32 heavy (non-hydrogen) atoms. The summed E-state index contributed by atoms with van der Waals surface area (Å²) in [7, 11) is 1.52. The number of ether oxygens (including phenoxy) is 1. The second-order valence-electron chi connectivity index (χ2n) is 8.31. The van der Waals surface area contributed by atoms with Gasteiger partial charge in [-0.3, -0.25) is 29.4 Å². The van der Waals surface area contributed by atoms with Crippen molar-refractivity contribution in [3.63, 3.8) is 0 Å². The molecule has 3 aliphatic rings. The van der Waals surface area contributed by atoms with Crippen molar-refractivity contribution in [2.75, 3.05) is 12.4 Å². The number of likely N-dealkylation sites (tertiary alicyclic amines) is 1. The van der Waals surface area contributed by atoms with Crippen LogP contribution < -0.4 is 21.1 Å². The first kappa shape index (κ1) is 20.2. The lowest BCUT2D eigenvalue weighted by Gasteiger charge is -2.29. The highest BCUT2D eigenvalue weighted by molar-refractivity contribution is 6.15. The van der Waals surface area contributed by atoms with E-state index < -0.39 is 47.0 Å². The van der Waals surface area contributed by atoms with Crippen LogP contribution in [0.1, 0.15) is 17.5 Å². The van der Waals surface area contributed by atoms with Gasteiger partial charge in [0.2, 0.25) is 23.6 Å². The molecule has 0 saturated carbocycles. The third kappa shape index (κ3) is 2.67. The number of nitrogens with one attached hydrogen (secondary N) is 2. The second-order valence-corrected chi connectivity index (χ2v) is 8.31. The fourth-order valence-electron chi connectivity index (χ4n) is 5.37. The summed E-state index contributed by atoms with van der Waals surface area (Å²) < 4.78 is 5.36. The van der Waals surface area contributed by atoms with Crippen LogP contribution in [0.4, 0.5) is 5.69 Å². The van der Waals surface area contributed by atoms with Crippen LogP contribution >= 0.6 is 0 Å². The van der Waals surface area contributed by atoms with Crippen LogP contribution in [0, 0.1) is 11.8 Å². The van der Waals surface area contributed by atoms with Crippen molar-refractivity contribution in [1.82, 2.24) is 10.2 Å². The molecule has 2 aromatic carbocycles. The fourth-order valence-corrected chi connectivity index (χ4v) is 5.37. The number of amides is 4. The monoisotopic (exact) mass is 434 g/mol. The molecule has 2 aromatic rings. The van der Waals surface area contributed by atoms with E-state index in [0.29, 0.717) is 22.6 Å². The predicted molar refractivity (Wildman–Crippen MR) is 113 cm³/mol. The smallest absolute Gasteiger partial charge is 0.250 e. The molecule has 1 spiro atoms. The molecule has 3 heterocycles. The summed E-state index contributed by atoms with van der Waals surface area (Å²) in [5.74, 6) is -3.25. The van der Waals surface area contributed by atoms with E-state index in [1.54, 1.807) is 48.5 Å². The average molecular weight is 434 g/mol. The Morgan fingerprint density at radius 2 is 1.81 bits per heavy atom. The van der Waals surface area contributed by atoms with Gasteiger partial charge >= 0.3 is 0 Å². The van der Waals surface area contributed by atoms with Crippen molar-refractivity contribution >= 4 is 29.3 Å². The van der Waals surface area contributed by atoms with E-state index in [9.17, 15) is 19.2 Å². The van der Waals surface area contributed by atoms with Gasteiger partial charge in [0.1, 0.15) is 11.3 Å². The van der Waals surface area contributed by atoms with Gasteiger partial charge in [0.25, 0.3) is 0 Å². The number of methoxy groups -OCH3 is 1. The molecule has 0 bridgehead atoms. The molecule has 9 nitrogen and oxygen atoms in total. The third-order valence-corrected chi connectivity index (χ3v) is 6.66. The Hall–Kier alpha value is -3.72. The number of hydrogen-bond donors (Lipinski definition) is 3. The van der Waals surface area contributed by atoms with Gasteiger partial charge in [-0.25, -0.2) is 0 Å². The quantitative estimate of drug-likeness (QED) is 0.587. The highest BCUT2D eigenvalue weighted by Gasteiger charge is 2.70. The Labute approximate surface area is 183 Å². The molecule has 2 fully saturated rings. The normalized spacial score (nSPS) is 28.1. The number of fused-ring (bicyclic) bond motifs is 4. The lowest BCUT2D eigenvalue weighted by molar-refractivity contribution is -0.143. The number of hydrogen-bond acceptors (Lipinski definition) is 6. The van der Waals surface area contributed by atoms with E-state index in [2.05, 4.69) is 10.6 Å². The minimum Gasteiger partial charge on any atom is -0.496 e. The SMILES string of the molecule is COc1ccccc1CN1C(=O)[C@H]2[C@H](CC(N)=O)N[C@]3(C(=O)Nc4ccccc43)[C@H]2C1=O. The molecule has 0 unspecified atom stereocenters. The van der Waals surface area contributed by atoms with Gasteiger partial charge in [-0.15, -0.1) is 0 Å². The van der Waals surface area contributed by atoms with Gasteiger partial charge in [-0.2, -0.15) is 0 Å². The standard InChI is InChI=1S/C23H22N4O5/c1-32-16-9-5-2-6-12(16)11-27-20(29)18-15(10-17(24)28)26-23(19(18)21(27)30)13-7-3-4-8-14(13)25-22(23)31/h2-9,15,18-19,26H,10-11H2,1H3,(H2,24,28)(H,25,31)/t15-,18-,19+,23-/m0/s1. The molecule has 3 aliphatic heterocycles. The molecule has 0 radical (unpaired) electrons. The maximum Gasteiger partial charge on any atom is 0.250 e. The van der Waals surface area contributed by atoms with Gasteiger partial charge < -0.3 is 15.8 Å². The van der Waals surface area contributed by atoms with Crippen LogP contribution in [0.5, 0.6) is 5.75 Å². The molecule has 4 amide bonds. The maximum absolute atomic E-state index is 13.7. The zero-order chi connectivity index (χ0) is 22.6. The zero-order valence-electron chi connectivity index (χ0n) is 17.3. The fraction of sp³-hybridized carbons (Fsp3) is 0.304. The Balaban J connectivity index is 1.60. The molecule has 2 saturated heterocycles. The van der Waals surface area contributed by atoms with Gasteiger partial charge in [0.15, 0.2) is 0 Å². The number of carbonyl (C=O) groups is 4. The van der Waals surface area contributed by atoms with Crippen molar-refractivity contribution in [2.45, 2.75) is 24.5 Å². The van der Waals surface area contributed by atoms with Crippen LogP contribution in [-0.2, 0) is 31.3 Å². The minimum atomic E-state index is -1.44. The molecule has 164 valence electrons. The van der Waals surface area contributed by atoms with Crippen LogP contribution in [0.15, 0.2) is 48.5 Å². The molecule has 0 aliphatic carbocycles. The Morgan fingerprint density at radius 3 is 2.56 bits per heavy atom. The van der Waals surface area contributed by atoms with Crippen LogP contribution in [0.25, 0.3) is 0 Å². The third-order valence-electron chi connectivity index (χ3n) is 6.66. The molecule has 5 rings (SSSR count). The minimum absolute atomic E-state index is 0.0112. The Bertz CT molecular complexity index is 1160. The van der Waals surface area contributed by atoms with Crippen molar-refractivity contribution in [2.24, 2.45) is 17.6 Å². The summed E-state index contributed by atoms with van der Waals surface area (Å²) in [5.41, 5.74) is 5.83. The number of para-hydroxylation sites is 2. The lowest BCUT2D eigenvalue weighted by atomic mass is 9.76. The number of nitrogens with two attached hydrogens (primary N) is 1. The van der Waals surface area contributed by atoms with Crippen molar-refractivity contribution < 1.29 is 23.9 Å². The highest BCUT2D eigenvalue weighted by atomic mass is 16.5. The topological polar surface area (TPSA) is 131 Å². The number of primary amides is 1. The van der Waals surface area contributed by atoms with Gasteiger partial charge in [-0.1, -0.05) is 36.4 Å². The second kappa shape index (κ2) is 7.16. The van der Waals surface area contributed by atoms with E-state index in [0.717, 1.165) is 4.90 Å². The summed E-state index contributed by atoms with van der Waals surface area (Å²) in [6.45, 7) is 0.0112. The first-order valence-corrected chi connectivity index (χ1v) is 10.3. The molecule has 4 N–H and O–H groups in total. The summed E-state index contributed by atoms with van der Waals surface area (Å²) in [6, 6.07) is 13.4. The Kier molecular flexibility index (Phi) is 4.52. The number of benzene rings is 2. The summed E-state index contributed by atoms with van der Waals surface area (Å²) in [6.07, 6.45) is -0.167. The van der Waals surface area contributed by atoms with Crippen molar-refractivity contribution in [1.29, 1.82) is 0 Å². The number of anilines is 1. The van der Waals surface area contributed by atoms with E-state index in [1.807, 2.05) is 0 Å². The number of imide groups is 1. The molecule has 4 atom stereocenters.